The molecule has 0 aliphatic rings. The van der Waals surface area contributed by atoms with Gasteiger partial charge in [0.15, 0.2) is 5.13 Å². The predicted octanol–water partition coefficient (Wildman–Crippen LogP) is 4.71. The lowest BCUT2D eigenvalue weighted by molar-refractivity contribution is 0.101. The van der Waals surface area contributed by atoms with Crippen LogP contribution in [0.2, 0.25) is 0 Å². The highest BCUT2D eigenvalue weighted by molar-refractivity contribution is 7.19. The Balaban J connectivity index is 1.45. The second-order valence-electron chi connectivity index (χ2n) is 6.13. The lowest BCUT2D eigenvalue weighted by Crippen LogP contribution is -2.14. The average molecular weight is 400 g/mol. The number of benzene rings is 2. The molecule has 2 aromatic carbocycles. The molecule has 2 heterocycles. The first-order chi connectivity index (χ1) is 14.2. The van der Waals surface area contributed by atoms with Crippen LogP contribution in [0.25, 0.3) is 10.4 Å². The minimum absolute atomic E-state index is 0.289. The molecular formula is C22H16N4O2S. The van der Waals surface area contributed by atoms with Crippen LogP contribution < -0.4 is 10.6 Å². The molecule has 0 radical (unpaired) electrons. The normalized spacial score (nSPS) is 10.3. The third-order valence-electron chi connectivity index (χ3n) is 4.09. The van der Waals surface area contributed by atoms with E-state index in [1.165, 1.54) is 17.5 Å². The zero-order valence-electron chi connectivity index (χ0n) is 15.2. The molecule has 142 valence electrons. The van der Waals surface area contributed by atoms with Crippen molar-refractivity contribution >= 4 is 34.0 Å². The molecule has 0 aliphatic heterocycles. The quantitative estimate of drug-likeness (QED) is 0.508. The van der Waals surface area contributed by atoms with Gasteiger partial charge in [-0.3, -0.25) is 19.9 Å². The number of nitrogens with zero attached hydrogens (tertiary/aromatic N) is 2. The van der Waals surface area contributed by atoms with Crippen LogP contribution in [0.3, 0.4) is 0 Å². The molecule has 0 unspecified atom stereocenters. The largest absolute Gasteiger partial charge is 0.322 e. The summed E-state index contributed by atoms with van der Waals surface area (Å²) in [6, 6.07) is 20.0. The van der Waals surface area contributed by atoms with E-state index in [4.69, 9.17) is 0 Å². The van der Waals surface area contributed by atoms with Gasteiger partial charge in [-0.15, -0.1) is 0 Å². The molecule has 0 fully saturated rings. The number of nitrogens with one attached hydrogen (secondary N) is 2. The van der Waals surface area contributed by atoms with E-state index in [1.807, 2.05) is 30.3 Å². The fourth-order valence-electron chi connectivity index (χ4n) is 2.68. The second-order valence-corrected chi connectivity index (χ2v) is 7.16. The Bertz CT molecular complexity index is 1140. The first-order valence-corrected chi connectivity index (χ1v) is 9.65. The van der Waals surface area contributed by atoms with Gasteiger partial charge >= 0.3 is 0 Å². The number of hydrogen-bond donors (Lipinski definition) is 2. The summed E-state index contributed by atoms with van der Waals surface area (Å²) in [5.74, 6) is -0.584. The molecule has 4 aromatic rings. The number of carbonyl (C=O) groups excluding carboxylic acids is 2. The molecule has 6 nitrogen and oxygen atoms in total. The maximum absolute atomic E-state index is 12.6. The van der Waals surface area contributed by atoms with Crippen LogP contribution in [0.4, 0.5) is 10.8 Å². The lowest BCUT2D eigenvalue weighted by atomic mass is 10.2. The number of anilines is 2. The molecule has 2 aromatic heterocycles. The van der Waals surface area contributed by atoms with Crippen LogP contribution in [0.1, 0.15) is 20.7 Å². The zero-order valence-corrected chi connectivity index (χ0v) is 16.0. The van der Waals surface area contributed by atoms with Crippen LogP contribution in [0, 0.1) is 0 Å². The Morgan fingerprint density at radius 2 is 1.59 bits per heavy atom. The monoisotopic (exact) mass is 400 g/mol. The van der Waals surface area contributed by atoms with Crippen molar-refractivity contribution in [2.24, 2.45) is 0 Å². The Kier molecular flexibility index (Phi) is 5.40. The lowest BCUT2D eigenvalue weighted by Gasteiger charge is -2.07. The van der Waals surface area contributed by atoms with Crippen molar-refractivity contribution in [3.63, 3.8) is 0 Å². The number of carbonyl (C=O) groups is 2. The summed E-state index contributed by atoms with van der Waals surface area (Å²) in [7, 11) is 0. The van der Waals surface area contributed by atoms with Gasteiger partial charge in [-0.2, -0.15) is 0 Å². The Morgan fingerprint density at radius 3 is 2.38 bits per heavy atom. The van der Waals surface area contributed by atoms with Crippen LogP contribution in [0.15, 0.2) is 85.3 Å². The third kappa shape index (κ3) is 4.53. The van der Waals surface area contributed by atoms with Crippen LogP contribution >= 0.6 is 11.3 Å². The third-order valence-corrected chi connectivity index (χ3v) is 5.05. The summed E-state index contributed by atoms with van der Waals surface area (Å²) in [6.45, 7) is 0. The van der Waals surface area contributed by atoms with E-state index in [1.54, 1.807) is 48.8 Å². The first-order valence-electron chi connectivity index (χ1n) is 8.83. The summed E-state index contributed by atoms with van der Waals surface area (Å²) in [4.78, 5) is 34.0. The zero-order chi connectivity index (χ0) is 20.1. The molecule has 0 spiro atoms. The number of amides is 2. The van der Waals surface area contributed by atoms with Crippen molar-refractivity contribution in [2.45, 2.75) is 0 Å². The van der Waals surface area contributed by atoms with Crippen molar-refractivity contribution in [1.29, 1.82) is 0 Å². The molecule has 0 saturated heterocycles. The molecular weight excluding hydrogens is 384 g/mol. The van der Waals surface area contributed by atoms with Crippen molar-refractivity contribution in [1.82, 2.24) is 9.97 Å². The van der Waals surface area contributed by atoms with Gasteiger partial charge in [-0.05, 0) is 35.9 Å². The molecule has 0 aliphatic carbocycles. The highest BCUT2D eigenvalue weighted by Gasteiger charge is 2.12. The summed E-state index contributed by atoms with van der Waals surface area (Å²) in [5, 5.41) is 6.09. The van der Waals surface area contributed by atoms with Crippen LogP contribution in [0.5, 0.6) is 0 Å². The van der Waals surface area contributed by atoms with E-state index in [2.05, 4.69) is 20.6 Å². The molecule has 0 atom stereocenters. The maximum atomic E-state index is 12.6. The van der Waals surface area contributed by atoms with Gasteiger partial charge < -0.3 is 5.32 Å². The number of aromatic nitrogens is 2. The predicted molar refractivity (Wildman–Crippen MR) is 114 cm³/mol. The van der Waals surface area contributed by atoms with Gasteiger partial charge in [0.05, 0.1) is 10.4 Å². The Hall–Kier alpha value is -3.84. The molecule has 2 amide bonds. The fourth-order valence-corrected chi connectivity index (χ4v) is 3.49. The smallest absolute Gasteiger partial charge is 0.257 e. The fraction of sp³-hybridized carbons (Fsp3) is 0. The van der Waals surface area contributed by atoms with Gasteiger partial charge in [0.2, 0.25) is 0 Å². The Labute approximate surface area is 171 Å². The number of hydrogen-bond acceptors (Lipinski definition) is 5. The van der Waals surface area contributed by atoms with Gasteiger partial charge in [0, 0.05) is 29.8 Å². The number of pyridine rings is 1. The standard InChI is InChI=1S/C22H16N4O2S/c27-20(26-22-24-14-19(29-22)15-6-2-1-3-7-15)16-8-4-10-18(12-16)25-21(28)17-9-5-11-23-13-17/h1-14H,(H,25,28)(H,24,26,27). The summed E-state index contributed by atoms with van der Waals surface area (Å²) < 4.78 is 0. The Morgan fingerprint density at radius 1 is 0.793 bits per heavy atom. The van der Waals surface area contributed by atoms with Crippen LogP contribution in [-0.2, 0) is 0 Å². The first kappa shape index (κ1) is 18.5. The number of rotatable bonds is 5. The topological polar surface area (TPSA) is 84.0 Å². The number of thiazole rings is 1. The highest BCUT2D eigenvalue weighted by Crippen LogP contribution is 2.29. The van der Waals surface area contributed by atoms with E-state index in [9.17, 15) is 9.59 Å². The summed E-state index contributed by atoms with van der Waals surface area (Å²) in [6.07, 6.45) is 4.82. The van der Waals surface area contributed by atoms with Gasteiger partial charge in [-0.1, -0.05) is 47.7 Å². The van der Waals surface area contributed by atoms with E-state index in [0.29, 0.717) is 21.9 Å². The SMILES string of the molecule is O=C(Nc1cccc(C(=O)Nc2ncc(-c3ccccc3)s2)c1)c1cccnc1. The summed E-state index contributed by atoms with van der Waals surface area (Å²) in [5.41, 5.74) is 2.44. The molecule has 0 bridgehead atoms. The van der Waals surface area contributed by atoms with E-state index < -0.39 is 0 Å². The highest BCUT2D eigenvalue weighted by atomic mass is 32.1. The van der Waals surface area contributed by atoms with Crippen LogP contribution in [-0.4, -0.2) is 21.8 Å². The van der Waals surface area contributed by atoms with E-state index in [-0.39, 0.29) is 11.8 Å². The minimum Gasteiger partial charge on any atom is -0.322 e. The molecule has 0 saturated carbocycles. The molecule has 4 rings (SSSR count). The summed E-state index contributed by atoms with van der Waals surface area (Å²) >= 11 is 1.40. The van der Waals surface area contributed by atoms with Gasteiger partial charge in [0.25, 0.3) is 11.8 Å². The van der Waals surface area contributed by atoms with Crippen molar-refractivity contribution < 1.29 is 9.59 Å². The second kappa shape index (κ2) is 8.45. The molecule has 2 N–H and O–H groups in total. The average Bonchev–Trinajstić information content (AvgIpc) is 3.23. The van der Waals surface area contributed by atoms with Gasteiger partial charge in [0.1, 0.15) is 0 Å². The van der Waals surface area contributed by atoms with Crippen molar-refractivity contribution in [2.75, 3.05) is 10.6 Å². The van der Waals surface area contributed by atoms with Gasteiger partial charge in [-0.25, -0.2) is 4.98 Å². The molecule has 29 heavy (non-hydrogen) atoms. The maximum Gasteiger partial charge on any atom is 0.257 e. The van der Waals surface area contributed by atoms with E-state index in [0.717, 1.165) is 10.4 Å². The minimum atomic E-state index is -0.295. The van der Waals surface area contributed by atoms with Crippen molar-refractivity contribution in [3.8, 4) is 10.4 Å². The van der Waals surface area contributed by atoms with Crippen molar-refractivity contribution in [3.05, 3.63) is 96.4 Å². The molecule has 7 heteroatoms. The van der Waals surface area contributed by atoms with E-state index >= 15 is 0 Å².